The van der Waals surface area contributed by atoms with Crippen LogP contribution in [-0.4, -0.2) is 48.3 Å². The lowest BCUT2D eigenvalue weighted by molar-refractivity contribution is -0.139. The van der Waals surface area contributed by atoms with E-state index in [2.05, 4.69) is 0 Å². The zero-order chi connectivity index (χ0) is 11.8. The largest absolute Gasteiger partial charge is 0.342 e. The molecule has 0 bridgehead atoms. The molecule has 0 saturated heterocycles. The number of hydrogen-bond donors (Lipinski definition) is 0. The molecule has 15 heavy (non-hydrogen) atoms. The number of hydrogen-bond acceptors (Lipinski definition) is 2. The molecule has 0 unspecified atom stereocenters. The molecular weight excluding hydrogens is 192 g/mol. The van der Waals surface area contributed by atoms with Gasteiger partial charge in [-0.2, -0.15) is 0 Å². The molecule has 0 rings (SSSR count). The van der Waals surface area contributed by atoms with Gasteiger partial charge in [0.2, 0.25) is 11.8 Å². The van der Waals surface area contributed by atoms with Gasteiger partial charge in [-0.3, -0.25) is 9.59 Å². The quantitative estimate of drug-likeness (QED) is 0.664. The van der Waals surface area contributed by atoms with Crippen molar-refractivity contribution in [3.05, 3.63) is 0 Å². The molecule has 4 nitrogen and oxygen atoms in total. The number of nitrogens with zero attached hydrogens (tertiary/aromatic N) is 2. The molecule has 0 aliphatic heterocycles. The second kappa shape index (κ2) is 7.26. The molecule has 0 aromatic rings. The third kappa shape index (κ3) is 4.81. The lowest BCUT2D eigenvalue weighted by atomic mass is 10.3. The predicted octanol–water partition coefficient (Wildman–Crippen LogP) is 1.11. The molecule has 0 aromatic carbocycles. The van der Waals surface area contributed by atoms with E-state index < -0.39 is 0 Å². The second-order valence-corrected chi connectivity index (χ2v) is 3.57. The SMILES string of the molecule is CCCC(=O)N(C)CC(=O)N(CC)CC. The number of likely N-dealkylation sites (N-methyl/N-ethyl adjacent to an activating group) is 2. The zero-order valence-corrected chi connectivity index (χ0v) is 10.2. The van der Waals surface area contributed by atoms with E-state index in [-0.39, 0.29) is 18.4 Å². The molecule has 0 heterocycles. The third-order valence-corrected chi connectivity index (χ3v) is 2.38. The van der Waals surface area contributed by atoms with E-state index in [4.69, 9.17) is 0 Å². The Bertz CT molecular complexity index is 213. The number of amides is 2. The minimum Gasteiger partial charge on any atom is -0.342 e. The van der Waals surface area contributed by atoms with Crippen LogP contribution >= 0.6 is 0 Å². The summed E-state index contributed by atoms with van der Waals surface area (Å²) in [6, 6.07) is 0. The summed E-state index contributed by atoms with van der Waals surface area (Å²) in [6.45, 7) is 7.43. The smallest absolute Gasteiger partial charge is 0.242 e. The molecule has 0 N–H and O–H groups in total. The van der Waals surface area contributed by atoms with Crippen molar-refractivity contribution in [2.75, 3.05) is 26.7 Å². The maximum absolute atomic E-state index is 11.7. The summed E-state index contributed by atoms with van der Waals surface area (Å²) < 4.78 is 0. The molecule has 0 aliphatic carbocycles. The van der Waals surface area contributed by atoms with Gasteiger partial charge in [0.15, 0.2) is 0 Å². The summed E-state index contributed by atoms with van der Waals surface area (Å²) in [5, 5.41) is 0. The van der Waals surface area contributed by atoms with Crippen LogP contribution in [0.2, 0.25) is 0 Å². The highest BCUT2D eigenvalue weighted by Gasteiger charge is 2.15. The summed E-state index contributed by atoms with van der Waals surface area (Å²) >= 11 is 0. The summed E-state index contributed by atoms with van der Waals surface area (Å²) in [4.78, 5) is 26.3. The average molecular weight is 214 g/mol. The second-order valence-electron chi connectivity index (χ2n) is 3.57. The van der Waals surface area contributed by atoms with Crippen LogP contribution in [0.25, 0.3) is 0 Å². The van der Waals surface area contributed by atoms with Crippen LogP contribution < -0.4 is 0 Å². The molecule has 0 radical (unpaired) electrons. The van der Waals surface area contributed by atoms with E-state index in [9.17, 15) is 9.59 Å². The van der Waals surface area contributed by atoms with E-state index in [0.29, 0.717) is 19.5 Å². The predicted molar refractivity (Wildman–Crippen MR) is 60.5 cm³/mol. The molecule has 0 atom stereocenters. The van der Waals surface area contributed by atoms with Crippen LogP contribution in [0.15, 0.2) is 0 Å². The van der Waals surface area contributed by atoms with Crippen LogP contribution in [0.3, 0.4) is 0 Å². The van der Waals surface area contributed by atoms with E-state index >= 15 is 0 Å². The van der Waals surface area contributed by atoms with Gasteiger partial charge in [0.25, 0.3) is 0 Å². The van der Waals surface area contributed by atoms with Gasteiger partial charge >= 0.3 is 0 Å². The Hall–Kier alpha value is -1.06. The molecular formula is C11H22N2O2. The maximum atomic E-state index is 11.7. The van der Waals surface area contributed by atoms with Crippen molar-refractivity contribution < 1.29 is 9.59 Å². The monoisotopic (exact) mass is 214 g/mol. The summed E-state index contributed by atoms with van der Waals surface area (Å²) in [5.74, 6) is 0.0601. The Morgan fingerprint density at radius 3 is 1.93 bits per heavy atom. The van der Waals surface area contributed by atoms with Gasteiger partial charge in [0.05, 0.1) is 6.54 Å². The zero-order valence-electron chi connectivity index (χ0n) is 10.2. The average Bonchev–Trinajstić information content (AvgIpc) is 2.19. The maximum Gasteiger partial charge on any atom is 0.242 e. The Morgan fingerprint density at radius 1 is 1.00 bits per heavy atom. The van der Waals surface area contributed by atoms with Crippen LogP contribution in [0.1, 0.15) is 33.6 Å². The fraction of sp³-hybridized carbons (Fsp3) is 0.818. The molecule has 0 aromatic heterocycles. The van der Waals surface area contributed by atoms with Gasteiger partial charge in [0.1, 0.15) is 0 Å². The van der Waals surface area contributed by atoms with Crippen LogP contribution in [-0.2, 0) is 9.59 Å². The molecule has 0 saturated carbocycles. The molecule has 0 aliphatic rings. The Labute approximate surface area is 92.2 Å². The summed E-state index contributed by atoms with van der Waals surface area (Å²) in [6.07, 6.45) is 1.34. The standard InChI is InChI=1S/C11H22N2O2/c1-5-8-10(14)12(4)9-11(15)13(6-2)7-3/h5-9H2,1-4H3. The highest BCUT2D eigenvalue weighted by atomic mass is 16.2. The molecule has 4 heteroatoms. The highest BCUT2D eigenvalue weighted by Crippen LogP contribution is 1.97. The fourth-order valence-corrected chi connectivity index (χ4v) is 1.37. The first kappa shape index (κ1) is 13.9. The lowest BCUT2D eigenvalue weighted by Crippen LogP contribution is -2.40. The topological polar surface area (TPSA) is 40.6 Å². The Balaban J connectivity index is 4.10. The van der Waals surface area contributed by atoms with E-state index in [1.165, 1.54) is 4.90 Å². The minimum absolute atomic E-state index is 0.0203. The Kier molecular flexibility index (Phi) is 6.75. The lowest BCUT2D eigenvalue weighted by Gasteiger charge is -2.23. The van der Waals surface area contributed by atoms with Crippen LogP contribution in [0.4, 0.5) is 0 Å². The first-order chi connectivity index (χ1) is 7.06. The number of carbonyl (C=O) groups is 2. The normalized spacial score (nSPS) is 9.87. The molecule has 0 spiro atoms. The van der Waals surface area contributed by atoms with Crippen LogP contribution in [0, 0.1) is 0 Å². The van der Waals surface area contributed by atoms with E-state index in [0.717, 1.165) is 6.42 Å². The summed E-state index contributed by atoms with van der Waals surface area (Å²) in [5.41, 5.74) is 0. The van der Waals surface area contributed by atoms with Gasteiger partial charge in [-0.25, -0.2) is 0 Å². The van der Waals surface area contributed by atoms with Crippen molar-refractivity contribution in [1.29, 1.82) is 0 Å². The van der Waals surface area contributed by atoms with Crippen molar-refractivity contribution in [3.63, 3.8) is 0 Å². The van der Waals surface area contributed by atoms with Gasteiger partial charge in [-0.1, -0.05) is 6.92 Å². The van der Waals surface area contributed by atoms with Crippen molar-refractivity contribution in [1.82, 2.24) is 9.80 Å². The van der Waals surface area contributed by atoms with Gasteiger partial charge < -0.3 is 9.80 Å². The fourth-order valence-electron chi connectivity index (χ4n) is 1.37. The molecule has 88 valence electrons. The Morgan fingerprint density at radius 2 is 1.53 bits per heavy atom. The van der Waals surface area contributed by atoms with Gasteiger partial charge in [-0.05, 0) is 20.3 Å². The minimum atomic E-state index is 0.0203. The number of rotatable bonds is 6. The summed E-state index contributed by atoms with van der Waals surface area (Å²) in [7, 11) is 1.68. The van der Waals surface area contributed by atoms with Crippen molar-refractivity contribution in [3.8, 4) is 0 Å². The van der Waals surface area contributed by atoms with E-state index in [1.807, 2.05) is 20.8 Å². The number of carbonyl (C=O) groups excluding carboxylic acids is 2. The molecule has 0 fully saturated rings. The van der Waals surface area contributed by atoms with Gasteiger partial charge in [0, 0.05) is 26.6 Å². The van der Waals surface area contributed by atoms with E-state index in [1.54, 1.807) is 11.9 Å². The van der Waals surface area contributed by atoms with Crippen molar-refractivity contribution in [2.24, 2.45) is 0 Å². The molecule has 2 amide bonds. The van der Waals surface area contributed by atoms with Crippen molar-refractivity contribution >= 4 is 11.8 Å². The first-order valence-electron chi connectivity index (χ1n) is 5.58. The highest BCUT2D eigenvalue weighted by molar-refractivity contribution is 5.84. The van der Waals surface area contributed by atoms with Crippen molar-refractivity contribution in [2.45, 2.75) is 33.6 Å². The van der Waals surface area contributed by atoms with Gasteiger partial charge in [-0.15, -0.1) is 0 Å². The third-order valence-electron chi connectivity index (χ3n) is 2.38. The van der Waals surface area contributed by atoms with Crippen LogP contribution in [0.5, 0.6) is 0 Å². The first-order valence-corrected chi connectivity index (χ1v) is 5.58.